The highest BCUT2D eigenvalue weighted by Gasteiger charge is 2.38. The molecule has 0 unspecified atom stereocenters. The highest BCUT2D eigenvalue weighted by atomic mass is 79.9. The van der Waals surface area contributed by atoms with E-state index in [9.17, 15) is 4.79 Å². The van der Waals surface area contributed by atoms with Crippen LogP contribution in [-0.2, 0) is 16.6 Å². The minimum absolute atomic E-state index is 0. The number of para-hydroxylation sites is 1. The first kappa shape index (κ1) is 19.8. The molecular weight excluding hydrogens is 400 g/mol. The number of nitrogens with two attached hydrogens (primary N) is 1. The fourth-order valence-corrected chi connectivity index (χ4v) is 3.75. The number of amides is 1. The van der Waals surface area contributed by atoms with Crippen molar-refractivity contribution in [3.05, 3.63) is 64.1 Å². The van der Waals surface area contributed by atoms with Crippen LogP contribution in [-0.4, -0.2) is 12.5 Å². The molecule has 2 aromatic rings. The number of anilines is 1. The summed E-state index contributed by atoms with van der Waals surface area (Å²) in [5.41, 5.74) is 9.15. The standard InChI is InChI=1S/C20H23BrN2O.ClH/c21-17-7-3-6-16(13-17)20(11-4-12-20)14-23-19(24)10-9-15-5-1-2-8-18(15)22;/h1-3,5-8,13H,4,9-12,14,22H2,(H,23,24);1H. The van der Waals surface area contributed by atoms with Gasteiger partial charge in [-0.2, -0.15) is 0 Å². The van der Waals surface area contributed by atoms with Crippen LogP contribution in [0.5, 0.6) is 0 Å². The monoisotopic (exact) mass is 422 g/mol. The van der Waals surface area contributed by atoms with Crippen LogP contribution in [0, 0.1) is 0 Å². The van der Waals surface area contributed by atoms with Gasteiger partial charge in [-0.05, 0) is 48.6 Å². The van der Waals surface area contributed by atoms with Gasteiger partial charge in [0.1, 0.15) is 0 Å². The molecule has 25 heavy (non-hydrogen) atoms. The molecule has 0 spiro atoms. The summed E-state index contributed by atoms with van der Waals surface area (Å²) in [5.74, 6) is 0.0968. The summed E-state index contributed by atoms with van der Waals surface area (Å²) < 4.78 is 1.09. The average molecular weight is 424 g/mol. The SMILES string of the molecule is Cl.Nc1ccccc1CCC(=O)NCC1(c2cccc(Br)c2)CCC1. The number of aryl methyl sites for hydroxylation is 1. The van der Waals surface area contributed by atoms with Crippen LogP contribution in [0.1, 0.15) is 36.8 Å². The Kier molecular flexibility index (Phi) is 6.91. The number of carbonyl (C=O) groups is 1. The Morgan fingerprint density at radius 2 is 1.92 bits per heavy atom. The zero-order valence-corrected chi connectivity index (χ0v) is 16.5. The van der Waals surface area contributed by atoms with E-state index in [4.69, 9.17) is 5.73 Å². The maximum Gasteiger partial charge on any atom is 0.220 e. The minimum atomic E-state index is 0. The zero-order chi connectivity index (χ0) is 17.0. The van der Waals surface area contributed by atoms with Crippen molar-refractivity contribution in [2.24, 2.45) is 0 Å². The van der Waals surface area contributed by atoms with Gasteiger partial charge in [0.25, 0.3) is 0 Å². The number of nitrogens with one attached hydrogen (secondary N) is 1. The Hall–Kier alpha value is -1.52. The lowest BCUT2D eigenvalue weighted by molar-refractivity contribution is -0.121. The molecule has 3 N–H and O–H groups in total. The zero-order valence-electron chi connectivity index (χ0n) is 14.1. The van der Waals surface area contributed by atoms with Gasteiger partial charge in [0.2, 0.25) is 5.91 Å². The number of halogens is 2. The number of hydrogen-bond acceptors (Lipinski definition) is 2. The summed E-state index contributed by atoms with van der Waals surface area (Å²) >= 11 is 3.55. The van der Waals surface area contributed by atoms with Crippen molar-refractivity contribution < 1.29 is 4.79 Å². The van der Waals surface area contributed by atoms with Crippen LogP contribution in [0.3, 0.4) is 0 Å². The molecule has 5 heteroatoms. The van der Waals surface area contributed by atoms with E-state index in [0.717, 1.165) is 28.6 Å². The second kappa shape index (κ2) is 8.72. The van der Waals surface area contributed by atoms with Gasteiger partial charge in [-0.25, -0.2) is 0 Å². The fourth-order valence-electron chi connectivity index (χ4n) is 3.36. The molecular formula is C20H24BrClN2O. The number of carbonyl (C=O) groups excluding carboxylic acids is 1. The smallest absolute Gasteiger partial charge is 0.220 e. The van der Waals surface area contributed by atoms with Crippen LogP contribution in [0.25, 0.3) is 0 Å². The molecule has 2 aromatic carbocycles. The van der Waals surface area contributed by atoms with Crippen LogP contribution in [0.2, 0.25) is 0 Å². The molecule has 0 atom stereocenters. The number of nitrogen functional groups attached to an aromatic ring is 1. The van der Waals surface area contributed by atoms with E-state index in [1.807, 2.05) is 30.3 Å². The van der Waals surface area contributed by atoms with E-state index in [-0.39, 0.29) is 23.7 Å². The van der Waals surface area contributed by atoms with Crippen molar-refractivity contribution >= 4 is 39.9 Å². The Labute approximate surface area is 163 Å². The predicted octanol–water partition coefficient (Wildman–Crippen LogP) is 4.62. The Morgan fingerprint density at radius 3 is 2.56 bits per heavy atom. The molecule has 0 aliphatic heterocycles. The summed E-state index contributed by atoms with van der Waals surface area (Å²) in [7, 11) is 0. The van der Waals surface area contributed by atoms with Gasteiger partial charge >= 0.3 is 0 Å². The number of benzene rings is 2. The van der Waals surface area contributed by atoms with E-state index in [1.165, 1.54) is 12.0 Å². The van der Waals surface area contributed by atoms with E-state index >= 15 is 0 Å². The van der Waals surface area contributed by atoms with Crippen molar-refractivity contribution in [2.45, 2.75) is 37.5 Å². The molecule has 3 rings (SSSR count). The molecule has 1 saturated carbocycles. The first-order valence-electron chi connectivity index (χ1n) is 8.45. The molecule has 1 fully saturated rings. The largest absolute Gasteiger partial charge is 0.399 e. The molecule has 0 heterocycles. The normalized spacial score (nSPS) is 14.9. The van der Waals surface area contributed by atoms with Gasteiger partial charge in [0.05, 0.1) is 0 Å². The molecule has 1 aliphatic carbocycles. The molecule has 0 saturated heterocycles. The van der Waals surface area contributed by atoms with Gasteiger partial charge in [0.15, 0.2) is 0 Å². The first-order chi connectivity index (χ1) is 11.6. The average Bonchev–Trinajstić information content (AvgIpc) is 2.53. The summed E-state index contributed by atoms with van der Waals surface area (Å²) in [5, 5.41) is 3.14. The van der Waals surface area contributed by atoms with Gasteiger partial charge < -0.3 is 11.1 Å². The van der Waals surface area contributed by atoms with Crippen molar-refractivity contribution in [1.82, 2.24) is 5.32 Å². The highest BCUT2D eigenvalue weighted by Crippen LogP contribution is 2.43. The summed E-state index contributed by atoms with van der Waals surface area (Å²) in [6, 6.07) is 16.2. The Morgan fingerprint density at radius 1 is 1.16 bits per heavy atom. The van der Waals surface area contributed by atoms with Crippen LogP contribution < -0.4 is 11.1 Å². The van der Waals surface area contributed by atoms with E-state index in [0.29, 0.717) is 19.4 Å². The lowest BCUT2D eigenvalue weighted by Gasteiger charge is -2.42. The molecule has 3 nitrogen and oxygen atoms in total. The van der Waals surface area contributed by atoms with E-state index in [2.05, 4.69) is 39.4 Å². The summed E-state index contributed by atoms with van der Waals surface area (Å²) in [6.07, 6.45) is 4.65. The van der Waals surface area contributed by atoms with E-state index in [1.54, 1.807) is 0 Å². The van der Waals surface area contributed by atoms with Crippen LogP contribution >= 0.6 is 28.3 Å². The highest BCUT2D eigenvalue weighted by molar-refractivity contribution is 9.10. The molecule has 0 bridgehead atoms. The van der Waals surface area contributed by atoms with Crippen molar-refractivity contribution in [3.8, 4) is 0 Å². The van der Waals surface area contributed by atoms with Gasteiger partial charge in [-0.1, -0.05) is 52.7 Å². The molecule has 1 aliphatic rings. The topological polar surface area (TPSA) is 55.1 Å². The molecule has 0 aromatic heterocycles. The lowest BCUT2D eigenvalue weighted by atomic mass is 9.64. The minimum Gasteiger partial charge on any atom is -0.399 e. The predicted molar refractivity (Wildman–Crippen MR) is 109 cm³/mol. The molecule has 0 radical (unpaired) electrons. The maximum absolute atomic E-state index is 12.3. The summed E-state index contributed by atoms with van der Waals surface area (Å²) in [6.45, 7) is 0.715. The maximum atomic E-state index is 12.3. The second-order valence-electron chi connectivity index (χ2n) is 6.62. The van der Waals surface area contributed by atoms with Crippen molar-refractivity contribution in [2.75, 3.05) is 12.3 Å². The summed E-state index contributed by atoms with van der Waals surface area (Å²) in [4.78, 5) is 12.3. The first-order valence-corrected chi connectivity index (χ1v) is 9.24. The third-order valence-corrected chi connectivity index (χ3v) is 5.54. The Balaban J connectivity index is 0.00000225. The van der Waals surface area contributed by atoms with E-state index < -0.39 is 0 Å². The van der Waals surface area contributed by atoms with Crippen LogP contribution in [0.15, 0.2) is 53.0 Å². The number of hydrogen-bond donors (Lipinski definition) is 2. The van der Waals surface area contributed by atoms with Crippen LogP contribution in [0.4, 0.5) is 5.69 Å². The Bertz CT molecular complexity index is 731. The second-order valence-corrected chi connectivity index (χ2v) is 7.54. The van der Waals surface area contributed by atoms with Gasteiger partial charge in [-0.15, -0.1) is 12.4 Å². The molecule has 1 amide bonds. The van der Waals surface area contributed by atoms with Crippen molar-refractivity contribution in [3.63, 3.8) is 0 Å². The quantitative estimate of drug-likeness (QED) is 0.666. The number of rotatable bonds is 6. The third kappa shape index (κ3) is 4.77. The fraction of sp³-hybridized carbons (Fsp3) is 0.350. The van der Waals surface area contributed by atoms with Crippen molar-refractivity contribution in [1.29, 1.82) is 0 Å². The van der Waals surface area contributed by atoms with Gasteiger partial charge in [-0.3, -0.25) is 4.79 Å². The van der Waals surface area contributed by atoms with Gasteiger partial charge in [0, 0.05) is 28.5 Å². The third-order valence-electron chi connectivity index (χ3n) is 5.05. The molecule has 134 valence electrons. The lowest BCUT2D eigenvalue weighted by Crippen LogP contribution is -2.45.